The van der Waals surface area contributed by atoms with Crippen molar-refractivity contribution in [2.75, 3.05) is 6.54 Å². The molecule has 1 amide bonds. The van der Waals surface area contributed by atoms with Gasteiger partial charge in [0, 0.05) is 24.2 Å². The number of carbonyl (C=O) groups excluding carboxylic acids is 1. The van der Waals surface area contributed by atoms with Gasteiger partial charge in [0.2, 0.25) is 0 Å². The lowest BCUT2D eigenvalue weighted by atomic mass is 9.95. The molecule has 23 heavy (non-hydrogen) atoms. The van der Waals surface area contributed by atoms with Crippen molar-refractivity contribution in [2.24, 2.45) is 5.73 Å². The van der Waals surface area contributed by atoms with Gasteiger partial charge in [-0.15, -0.1) is 0 Å². The monoisotopic (exact) mass is 313 g/mol. The number of nitrogens with two attached hydrogens (primary N) is 1. The minimum absolute atomic E-state index is 0.00484. The van der Waals surface area contributed by atoms with Crippen LogP contribution in [0.1, 0.15) is 42.1 Å². The van der Waals surface area contributed by atoms with E-state index in [0.29, 0.717) is 5.56 Å². The number of aryl methyl sites for hydroxylation is 1. The lowest BCUT2D eigenvalue weighted by molar-refractivity contribution is 0.0583. The van der Waals surface area contributed by atoms with E-state index in [4.69, 9.17) is 5.73 Å². The van der Waals surface area contributed by atoms with E-state index in [-0.39, 0.29) is 18.0 Å². The Labute approximate surface area is 136 Å². The molecule has 0 aliphatic carbocycles. The maximum atomic E-state index is 12.9. The molecule has 122 valence electrons. The normalized spacial score (nSPS) is 19.6. The minimum Gasteiger partial charge on any atom is -0.334 e. The number of carbonyl (C=O) groups is 1. The quantitative estimate of drug-likeness (QED) is 0.939. The molecule has 1 aliphatic rings. The van der Waals surface area contributed by atoms with Gasteiger partial charge in [0.05, 0.1) is 5.69 Å². The van der Waals surface area contributed by atoms with Crippen LogP contribution in [0.5, 0.6) is 0 Å². The van der Waals surface area contributed by atoms with Crippen LogP contribution in [0.25, 0.3) is 5.69 Å². The zero-order valence-electron chi connectivity index (χ0n) is 13.6. The Morgan fingerprint density at radius 2 is 2.22 bits per heavy atom. The van der Waals surface area contributed by atoms with Gasteiger partial charge in [-0.05, 0) is 56.9 Å². The molecule has 0 spiro atoms. The molecule has 3 rings (SSSR count). The van der Waals surface area contributed by atoms with Crippen LogP contribution in [0.2, 0.25) is 0 Å². The Bertz CT molecular complexity index is 680. The smallest absolute Gasteiger partial charge is 0.254 e. The second-order valence-electron chi connectivity index (χ2n) is 6.26. The Balaban J connectivity index is 1.86. The molecule has 0 bridgehead atoms. The Hall–Kier alpha value is -2.21. The first-order valence-corrected chi connectivity index (χ1v) is 8.10. The maximum absolute atomic E-state index is 12.9. The van der Waals surface area contributed by atoms with Crippen molar-refractivity contribution in [1.29, 1.82) is 0 Å². The molecule has 1 aliphatic heterocycles. The van der Waals surface area contributed by atoms with Crippen molar-refractivity contribution in [2.45, 2.75) is 45.2 Å². The van der Waals surface area contributed by atoms with E-state index in [1.165, 1.54) is 6.33 Å². The van der Waals surface area contributed by atoms with Gasteiger partial charge in [-0.2, -0.15) is 5.10 Å². The van der Waals surface area contributed by atoms with Crippen LogP contribution in [0.3, 0.4) is 0 Å². The van der Waals surface area contributed by atoms with Crippen molar-refractivity contribution in [3.05, 3.63) is 42.0 Å². The average Bonchev–Trinajstić information content (AvgIpc) is 3.08. The molecule has 6 heteroatoms. The largest absolute Gasteiger partial charge is 0.334 e. The third kappa shape index (κ3) is 3.12. The van der Waals surface area contributed by atoms with E-state index < -0.39 is 0 Å². The molecular weight excluding hydrogens is 290 g/mol. The van der Waals surface area contributed by atoms with E-state index in [2.05, 4.69) is 10.1 Å². The number of piperidine rings is 1. The van der Waals surface area contributed by atoms with E-state index in [1.807, 2.05) is 36.9 Å². The van der Waals surface area contributed by atoms with Crippen molar-refractivity contribution < 1.29 is 4.79 Å². The molecule has 1 aromatic carbocycles. The summed E-state index contributed by atoms with van der Waals surface area (Å²) in [5.74, 6) is 0.0697. The fourth-order valence-corrected chi connectivity index (χ4v) is 3.30. The summed E-state index contributed by atoms with van der Waals surface area (Å²) < 4.78 is 1.70. The minimum atomic E-state index is -0.00484. The molecular formula is C17H23N5O. The van der Waals surface area contributed by atoms with Crippen LogP contribution in [-0.2, 0) is 0 Å². The van der Waals surface area contributed by atoms with Gasteiger partial charge in [-0.3, -0.25) is 4.79 Å². The van der Waals surface area contributed by atoms with Crippen LogP contribution in [0.4, 0.5) is 0 Å². The highest BCUT2D eigenvalue weighted by Crippen LogP contribution is 2.23. The molecule has 2 atom stereocenters. The van der Waals surface area contributed by atoms with E-state index >= 15 is 0 Å². The van der Waals surface area contributed by atoms with Crippen LogP contribution in [-0.4, -0.2) is 44.2 Å². The molecule has 1 fully saturated rings. The number of likely N-dealkylation sites (tertiary alicyclic amines) is 1. The van der Waals surface area contributed by atoms with Gasteiger partial charge in [0.25, 0.3) is 5.91 Å². The van der Waals surface area contributed by atoms with E-state index in [1.54, 1.807) is 11.0 Å². The second kappa shape index (κ2) is 6.50. The molecule has 2 aromatic rings. The number of hydrogen-bond donors (Lipinski definition) is 1. The van der Waals surface area contributed by atoms with Crippen molar-refractivity contribution >= 4 is 5.91 Å². The topological polar surface area (TPSA) is 77.0 Å². The predicted octanol–water partition coefficient (Wildman–Crippen LogP) is 1.92. The van der Waals surface area contributed by atoms with Crippen molar-refractivity contribution in [3.8, 4) is 5.69 Å². The third-order valence-electron chi connectivity index (χ3n) is 4.53. The second-order valence-corrected chi connectivity index (χ2v) is 6.26. The SMILES string of the molecule is Cc1cc(C(=O)N2CCCC[C@H]2[C@@H](C)N)ccc1-n1cncn1. The number of nitrogens with zero attached hydrogens (tertiary/aromatic N) is 4. The predicted molar refractivity (Wildman–Crippen MR) is 88.4 cm³/mol. The summed E-state index contributed by atoms with van der Waals surface area (Å²) in [7, 11) is 0. The lowest BCUT2D eigenvalue weighted by Gasteiger charge is -2.38. The fraction of sp³-hybridized carbons (Fsp3) is 0.471. The first kappa shape index (κ1) is 15.7. The summed E-state index contributed by atoms with van der Waals surface area (Å²) in [6.45, 7) is 4.75. The Kier molecular flexibility index (Phi) is 4.43. The number of hydrogen-bond acceptors (Lipinski definition) is 4. The third-order valence-corrected chi connectivity index (χ3v) is 4.53. The first-order chi connectivity index (χ1) is 11.1. The summed E-state index contributed by atoms with van der Waals surface area (Å²) in [6.07, 6.45) is 6.32. The number of rotatable bonds is 3. The van der Waals surface area contributed by atoms with E-state index in [9.17, 15) is 4.79 Å². The summed E-state index contributed by atoms with van der Waals surface area (Å²) in [6, 6.07) is 5.83. The number of amides is 1. The van der Waals surface area contributed by atoms with Gasteiger partial charge in [-0.1, -0.05) is 0 Å². The van der Waals surface area contributed by atoms with Crippen LogP contribution >= 0.6 is 0 Å². The van der Waals surface area contributed by atoms with Crippen LogP contribution in [0.15, 0.2) is 30.9 Å². The summed E-state index contributed by atoms with van der Waals surface area (Å²) >= 11 is 0. The van der Waals surface area contributed by atoms with Gasteiger partial charge < -0.3 is 10.6 Å². The average molecular weight is 313 g/mol. The highest BCUT2D eigenvalue weighted by molar-refractivity contribution is 5.95. The van der Waals surface area contributed by atoms with Gasteiger partial charge in [0.1, 0.15) is 12.7 Å². The molecule has 1 saturated heterocycles. The van der Waals surface area contributed by atoms with E-state index in [0.717, 1.165) is 37.1 Å². The number of aromatic nitrogens is 3. The molecule has 0 saturated carbocycles. The van der Waals surface area contributed by atoms with Gasteiger partial charge in [-0.25, -0.2) is 9.67 Å². The first-order valence-electron chi connectivity index (χ1n) is 8.10. The zero-order valence-corrected chi connectivity index (χ0v) is 13.6. The lowest BCUT2D eigenvalue weighted by Crippen LogP contribution is -2.51. The Morgan fingerprint density at radius 1 is 1.39 bits per heavy atom. The molecule has 6 nitrogen and oxygen atoms in total. The number of benzene rings is 1. The molecule has 2 heterocycles. The van der Waals surface area contributed by atoms with Gasteiger partial charge >= 0.3 is 0 Å². The molecule has 0 radical (unpaired) electrons. The maximum Gasteiger partial charge on any atom is 0.254 e. The van der Waals surface area contributed by atoms with Crippen LogP contribution < -0.4 is 5.73 Å². The fourth-order valence-electron chi connectivity index (χ4n) is 3.30. The molecule has 1 aromatic heterocycles. The van der Waals surface area contributed by atoms with Gasteiger partial charge in [0.15, 0.2) is 0 Å². The summed E-state index contributed by atoms with van der Waals surface area (Å²) in [5, 5.41) is 4.14. The Morgan fingerprint density at radius 3 is 2.87 bits per heavy atom. The van der Waals surface area contributed by atoms with Crippen LogP contribution in [0, 0.1) is 6.92 Å². The summed E-state index contributed by atoms with van der Waals surface area (Å²) in [5.41, 5.74) is 8.71. The zero-order chi connectivity index (χ0) is 16.4. The molecule has 2 N–H and O–H groups in total. The summed E-state index contributed by atoms with van der Waals surface area (Å²) in [4.78, 5) is 18.8. The van der Waals surface area contributed by atoms with Crippen molar-refractivity contribution in [1.82, 2.24) is 19.7 Å². The highest BCUT2D eigenvalue weighted by Gasteiger charge is 2.29. The standard InChI is InChI=1S/C17H23N5O/c1-12-9-14(6-7-15(12)22-11-19-10-20-22)17(23)21-8-4-3-5-16(21)13(2)18/h6-7,9-11,13,16H,3-5,8,18H2,1-2H3/t13-,16+/m1/s1. The highest BCUT2D eigenvalue weighted by atomic mass is 16.2. The molecule has 0 unspecified atom stereocenters. The van der Waals surface area contributed by atoms with Crippen molar-refractivity contribution in [3.63, 3.8) is 0 Å².